The Morgan fingerprint density at radius 3 is 2.75 bits per heavy atom. The lowest BCUT2D eigenvalue weighted by Gasteiger charge is -2.19. The van der Waals surface area contributed by atoms with E-state index in [-0.39, 0.29) is 32.1 Å². The number of carbonyl (C=O) groups excluding carboxylic acids is 2. The second-order valence-corrected chi connectivity index (χ2v) is 6.28. The Morgan fingerprint density at radius 1 is 1.21 bits per heavy atom. The van der Waals surface area contributed by atoms with E-state index >= 15 is 0 Å². The number of benzodiazepines with no additional fused rings is 1. The summed E-state index contributed by atoms with van der Waals surface area (Å²) in [5.41, 5.74) is 2.73. The van der Waals surface area contributed by atoms with E-state index in [1.807, 2.05) is 0 Å². The number of urea groups is 1. The van der Waals surface area contributed by atoms with E-state index in [0.717, 1.165) is 5.56 Å². The van der Waals surface area contributed by atoms with Crippen molar-refractivity contribution < 1.29 is 19.1 Å². The Morgan fingerprint density at radius 2 is 2.00 bits per heavy atom. The quantitative estimate of drug-likeness (QED) is 0.728. The van der Waals surface area contributed by atoms with Gasteiger partial charge in [-0.2, -0.15) is 0 Å². The van der Waals surface area contributed by atoms with Gasteiger partial charge in [0, 0.05) is 31.3 Å². The first-order valence-electron chi connectivity index (χ1n) is 8.83. The Labute approximate surface area is 161 Å². The highest BCUT2D eigenvalue weighted by atomic mass is 19.1. The second-order valence-electron chi connectivity index (χ2n) is 6.28. The third kappa shape index (κ3) is 4.17. The number of rotatable bonds is 5. The number of aliphatic imine (C=N–C) groups is 1. The molecule has 0 aromatic heterocycles. The zero-order chi connectivity index (χ0) is 20.1. The predicted octanol–water partition coefficient (Wildman–Crippen LogP) is 1.43. The molecule has 8 heteroatoms. The molecule has 3 rings (SSSR count). The average Bonchev–Trinajstić information content (AvgIpc) is 2.82. The van der Waals surface area contributed by atoms with E-state index in [9.17, 15) is 14.0 Å². The van der Waals surface area contributed by atoms with Gasteiger partial charge in [-0.1, -0.05) is 18.2 Å². The number of fused-ring (bicyclic) bond motifs is 1. The maximum absolute atomic E-state index is 14.4. The summed E-state index contributed by atoms with van der Waals surface area (Å²) >= 11 is 0. The van der Waals surface area contributed by atoms with Crippen LogP contribution in [0.15, 0.2) is 47.5 Å². The minimum absolute atomic E-state index is 0.0774. The molecule has 0 saturated carbocycles. The summed E-state index contributed by atoms with van der Waals surface area (Å²) in [4.78, 5) is 29.8. The Bertz CT molecular complexity index is 929. The Balaban J connectivity index is 1.96. The number of carbonyl (C=O) groups is 2. The number of amides is 3. The highest BCUT2D eigenvalue weighted by Crippen LogP contribution is 2.28. The summed E-state index contributed by atoms with van der Waals surface area (Å²) in [5.74, 6) is -0.613. The third-order valence-corrected chi connectivity index (χ3v) is 4.40. The van der Waals surface area contributed by atoms with E-state index in [0.29, 0.717) is 22.5 Å². The highest BCUT2D eigenvalue weighted by molar-refractivity contribution is 6.19. The molecule has 146 valence electrons. The molecule has 0 aliphatic carbocycles. The number of nitrogens with zero attached hydrogens (tertiary/aromatic N) is 2. The molecule has 2 aromatic carbocycles. The number of nitrogens with one attached hydrogen (secondary N) is 2. The molecule has 0 atom stereocenters. The second kappa shape index (κ2) is 8.62. The number of benzene rings is 2. The van der Waals surface area contributed by atoms with Crippen molar-refractivity contribution in [3.8, 4) is 0 Å². The molecular formula is C20H21FN4O3. The fourth-order valence-electron chi connectivity index (χ4n) is 2.95. The molecule has 2 aromatic rings. The predicted molar refractivity (Wildman–Crippen MR) is 104 cm³/mol. The normalized spacial score (nSPS) is 13.5. The molecule has 3 N–H and O–H groups in total. The van der Waals surface area contributed by atoms with Gasteiger partial charge in [-0.15, -0.1) is 0 Å². The first-order chi connectivity index (χ1) is 13.5. The number of anilines is 1. The first kappa shape index (κ1) is 19.5. The molecule has 0 unspecified atom stereocenters. The van der Waals surface area contributed by atoms with Crippen molar-refractivity contribution in [2.75, 3.05) is 31.6 Å². The van der Waals surface area contributed by atoms with Crippen LogP contribution in [0.3, 0.4) is 0 Å². The van der Waals surface area contributed by atoms with Gasteiger partial charge in [-0.05, 0) is 29.8 Å². The topological polar surface area (TPSA) is 94.0 Å². The van der Waals surface area contributed by atoms with Gasteiger partial charge in [-0.3, -0.25) is 9.79 Å². The monoisotopic (exact) mass is 384 g/mol. The number of hydrogen-bond acceptors (Lipinski definition) is 4. The van der Waals surface area contributed by atoms with Crippen molar-refractivity contribution in [2.45, 2.75) is 6.54 Å². The summed E-state index contributed by atoms with van der Waals surface area (Å²) in [6.45, 7) is 0.168. The van der Waals surface area contributed by atoms with E-state index in [4.69, 9.17) is 5.11 Å². The summed E-state index contributed by atoms with van der Waals surface area (Å²) in [6, 6.07) is 11.2. The van der Waals surface area contributed by atoms with Gasteiger partial charge in [0.2, 0.25) is 5.91 Å². The molecule has 3 amide bonds. The van der Waals surface area contributed by atoms with Crippen LogP contribution in [0, 0.1) is 5.82 Å². The number of halogens is 1. The number of hydrogen-bond donors (Lipinski definition) is 3. The maximum atomic E-state index is 14.4. The van der Waals surface area contributed by atoms with Crippen LogP contribution in [0.5, 0.6) is 0 Å². The fourth-order valence-corrected chi connectivity index (χ4v) is 2.95. The van der Waals surface area contributed by atoms with Crippen molar-refractivity contribution in [1.29, 1.82) is 0 Å². The van der Waals surface area contributed by atoms with Gasteiger partial charge in [0.15, 0.2) is 0 Å². The molecule has 7 nitrogen and oxygen atoms in total. The van der Waals surface area contributed by atoms with Crippen LogP contribution in [0.25, 0.3) is 0 Å². The molecule has 1 heterocycles. The summed E-state index contributed by atoms with van der Waals surface area (Å²) < 4.78 is 14.4. The molecule has 0 saturated heterocycles. The fraction of sp³-hybridized carbons (Fsp3) is 0.250. The molecular weight excluding hydrogens is 363 g/mol. The molecule has 1 aliphatic rings. The van der Waals surface area contributed by atoms with Crippen LogP contribution in [0.2, 0.25) is 0 Å². The van der Waals surface area contributed by atoms with Crippen LogP contribution in [-0.4, -0.2) is 49.5 Å². The SMILES string of the molecule is CN1C(=O)CN=C(c2ccccc2F)c2cc(CNC(=O)NCCO)ccc21. The van der Waals surface area contributed by atoms with E-state index in [1.165, 1.54) is 11.0 Å². The van der Waals surface area contributed by atoms with Crippen molar-refractivity contribution in [1.82, 2.24) is 10.6 Å². The van der Waals surface area contributed by atoms with Crippen LogP contribution in [-0.2, 0) is 11.3 Å². The summed E-state index contributed by atoms with van der Waals surface area (Å²) in [5, 5.41) is 13.9. The van der Waals surface area contributed by atoms with Gasteiger partial charge in [0.05, 0.1) is 18.0 Å². The lowest BCUT2D eigenvalue weighted by atomic mass is 9.97. The van der Waals surface area contributed by atoms with Gasteiger partial charge >= 0.3 is 6.03 Å². The lowest BCUT2D eigenvalue weighted by Crippen LogP contribution is -2.36. The average molecular weight is 384 g/mol. The largest absolute Gasteiger partial charge is 0.395 e. The lowest BCUT2D eigenvalue weighted by molar-refractivity contribution is -0.116. The molecule has 0 spiro atoms. The van der Waals surface area contributed by atoms with Gasteiger partial charge < -0.3 is 20.6 Å². The number of aliphatic hydroxyl groups is 1. The van der Waals surface area contributed by atoms with Crippen LogP contribution < -0.4 is 15.5 Å². The van der Waals surface area contributed by atoms with E-state index in [2.05, 4.69) is 15.6 Å². The highest BCUT2D eigenvalue weighted by Gasteiger charge is 2.24. The summed E-state index contributed by atoms with van der Waals surface area (Å²) in [7, 11) is 1.65. The minimum atomic E-state index is -0.420. The molecule has 0 bridgehead atoms. The zero-order valence-electron chi connectivity index (χ0n) is 15.4. The van der Waals surface area contributed by atoms with Crippen molar-refractivity contribution in [2.24, 2.45) is 4.99 Å². The minimum Gasteiger partial charge on any atom is -0.395 e. The van der Waals surface area contributed by atoms with Crippen molar-refractivity contribution in [3.05, 3.63) is 65.0 Å². The number of likely N-dealkylation sites (N-methyl/N-ethyl adjacent to an activating group) is 1. The molecule has 0 fully saturated rings. The Hall–Kier alpha value is -3.26. The van der Waals surface area contributed by atoms with Crippen molar-refractivity contribution in [3.63, 3.8) is 0 Å². The third-order valence-electron chi connectivity index (χ3n) is 4.40. The van der Waals surface area contributed by atoms with Crippen LogP contribution in [0.1, 0.15) is 16.7 Å². The summed E-state index contributed by atoms with van der Waals surface area (Å²) in [6.07, 6.45) is 0. The smallest absolute Gasteiger partial charge is 0.315 e. The van der Waals surface area contributed by atoms with Crippen LogP contribution in [0.4, 0.5) is 14.9 Å². The molecule has 0 radical (unpaired) electrons. The van der Waals surface area contributed by atoms with Gasteiger partial charge in [-0.25, -0.2) is 9.18 Å². The van der Waals surface area contributed by atoms with E-state index in [1.54, 1.807) is 43.4 Å². The van der Waals surface area contributed by atoms with Crippen LogP contribution >= 0.6 is 0 Å². The Kier molecular flexibility index (Phi) is 6.00. The van der Waals surface area contributed by atoms with Crippen molar-refractivity contribution >= 4 is 23.3 Å². The molecule has 1 aliphatic heterocycles. The standard InChI is InChI=1S/C20H21FN4O3/c1-25-17-7-6-13(11-24-20(28)22-8-9-26)10-15(17)19(23-12-18(25)27)14-4-2-3-5-16(14)21/h2-7,10,26H,8-9,11-12H2,1H3,(H2,22,24,28). The first-order valence-corrected chi connectivity index (χ1v) is 8.83. The van der Waals surface area contributed by atoms with Gasteiger partial charge in [0.25, 0.3) is 0 Å². The van der Waals surface area contributed by atoms with Gasteiger partial charge in [0.1, 0.15) is 12.4 Å². The number of aliphatic hydroxyl groups excluding tert-OH is 1. The van der Waals surface area contributed by atoms with E-state index < -0.39 is 11.8 Å². The molecule has 28 heavy (non-hydrogen) atoms. The zero-order valence-corrected chi connectivity index (χ0v) is 15.4. The maximum Gasteiger partial charge on any atom is 0.315 e.